The van der Waals surface area contributed by atoms with E-state index in [1.165, 1.54) is 19.3 Å². The van der Waals surface area contributed by atoms with Crippen LogP contribution in [0.15, 0.2) is 0 Å². The van der Waals surface area contributed by atoms with Crippen LogP contribution in [0.3, 0.4) is 0 Å². The van der Waals surface area contributed by atoms with E-state index in [1.54, 1.807) is 0 Å². The van der Waals surface area contributed by atoms with Crippen molar-refractivity contribution >= 4 is 0 Å². The molecule has 0 radical (unpaired) electrons. The molecule has 3 heteroatoms. The summed E-state index contributed by atoms with van der Waals surface area (Å²) >= 11 is 0. The molecule has 0 amide bonds. The molecular formula is C16H32N2O. The van der Waals surface area contributed by atoms with Crippen molar-refractivity contribution in [2.24, 2.45) is 17.1 Å². The number of hydrogen-bond donors (Lipinski definition) is 1. The molecule has 112 valence electrons. The fourth-order valence-electron chi connectivity index (χ4n) is 4.37. The van der Waals surface area contributed by atoms with E-state index in [0.717, 1.165) is 19.6 Å². The van der Waals surface area contributed by atoms with Crippen LogP contribution < -0.4 is 5.73 Å². The minimum absolute atomic E-state index is 0.196. The molecule has 1 heterocycles. The second-order valence-electron chi connectivity index (χ2n) is 7.74. The van der Waals surface area contributed by atoms with Gasteiger partial charge >= 0.3 is 0 Å². The zero-order chi connectivity index (χ0) is 14.3. The van der Waals surface area contributed by atoms with Gasteiger partial charge in [0.25, 0.3) is 0 Å². The molecule has 4 atom stereocenters. The van der Waals surface area contributed by atoms with Crippen molar-refractivity contribution in [1.82, 2.24) is 4.90 Å². The van der Waals surface area contributed by atoms with E-state index in [4.69, 9.17) is 10.5 Å². The summed E-state index contributed by atoms with van der Waals surface area (Å²) in [5.41, 5.74) is 6.93. The molecule has 19 heavy (non-hydrogen) atoms. The van der Waals surface area contributed by atoms with Gasteiger partial charge in [-0.3, -0.25) is 4.90 Å². The van der Waals surface area contributed by atoms with Crippen molar-refractivity contribution in [3.05, 3.63) is 0 Å². The van der Waals surface area contributed by atoms with Gasteiger partial charge < -0.3 is 10.5 Å². The first kappa shape index (κ1) is 15.3. The molecule has 1 saturated heterocycles. The Morgan fingerprint density at radius 3 is 2.16 bits per heavy atom. The average molecular weight is 268 g/mol. The van der Waals surface area contributed by atoms with E-state index < -0.39 is 0 Å². The van der Waals surface area contributed by atoms with Gasteiger partial charge in [0.15, 0.2) is 0 Å². The Hall–Kier alpha value is -0.120. The molecule has 2 unspecified atom stereocenters. The number of morpholine rings is 1. The summed E-state index contributed by atoms with van der Waals surface area (Å²) in [5, 5.41) is 0. The van der Waals surface area contributed by atoms with Crippen LogP contribution >= 0.6 is 0 Å². The first-order chi connectivity index (χ1) is 8.79. The average Bonchev–Trinajstić information content (AvgIpc) is 2.27. The Morgan fingerprint density at radius 1 is 1.11 bits per heavy atom. The Labute approximate surface area is 118 Å². The van der Waals surface area contributed by atoms with Gasteiger partial charge in [0.2, 0.25) is 0 Å². The minimum Gasteiger partial charge on any atom is -0.373 e. The summed E-state index contributed by atoms with van der Waals surface area (Å²) in [7, 11) is 0. The maximum atomic E-state index is 6.26. The van der Waals surface area contributed by atoms with Gasteiger partial charge in [-0.2, -0.15) is 0 Å². The second kappa shape index (κ2) is 5.34. The van der Waals surface area contributed by atoms with Crippen molar-refractivity contribution in [3.8, 4) is 0 Å². The van der Waals surface area contributed by atoms with Gasteiger partial charge in [-0.25, -0.2) is 0 Å². The summed E-state index contributed by atoms with van der Waals surface area (Å²) < 4.78 is 5.89. The topological polar surface area (TPSA) is 38.5 Å². The quantitative estimate of drug-likeness (QED) is 0.837. The maximum Gasteiger partial charge on any atom is 0.0678 e. The highest BCUT2D eigenvalue weighted by Crippen LogP contribution is 2.46. The summed E-state index contributed by atoms with van der Waals surface area (Å²) in [5.74, 6) is 0.666. The van der Waals surface area contributed by atoms with Crippen LogP contribution in [0, 0.1) is 11.3 Å². The van der Waals surface area contributed by atoms with Crippen LogP contribution in [-0.2, 0) is 4.74 Å². The van der Waals surface area contributed by atoms with E-state index >= 15 is 0 Å². The van der Waals surface area contributed by atoms with Gasteiger partial charge in [0.05, 0.1) is 12.2 Å². The van der Waals surface area contributed by atoms with Gasteiger partial charge in [0, 0.05) is 25.2 Å². The molecule has 3 nitrogen and oxygen atoms in total. The predicted octanol–water partition coefficient (Wildman–Crippen LogP) is 2.64. The Kier molecular flexibility index (Phi) is 4.29. The van der Waals surface area contributed by atoms with Gasteiger partial charge in [-0.1, -0.05) is 20.8 Å². The highest BCUT2D eigenvalue weighted by atomic mass is 16.5. The number of ether oxygens (including phenoxy) is 1. The molecule has 2 rings (SSSR count). The van der Waals surface area contributed by atoms with Gasteiger partial charge in [-0.15, -0.1) is 0 Å². The third-order valence-electron chi connectivity index (χ3n) is 5.41. The Bertz CT molecular complexity index is 308. The third-order valence-corrected chi connectivity index (χ3v) is 5.41. The third kappa shape index (κ3) is 2.98. The molecular weight excluding hydrogens is 236 g/mol. The normalized spacial score (nSPS) is 44.2. The minimum atomic E-state index is 0.196. The fraction of sp³-hybridized carbons (Fsp3) is 1.00. The summed E-state index contributed by atoms with van der Waals surface area (Å²) in [6.45, 7) is 14.4. The van der Waals surface area contributed by atoms with E-state index in [2.05, 4.69) is 39.5 Å². The highest BCUT2D eigenvalue weighted by molar-refractivity contribution is 5.03. The van der Waals surface area contributed by atoms with Crippen LogP contribution in [0.25, 0.3) is 0 Å². The van der Waals surface area contributed by atoms with Crippen LogP contribution in [0.2, 0.25) is 0 Å². The molecule has 2 N–H and O–H groups in total. The van der Waals surface area contributed by atoms with Crippen molar-refractivity contribution in [3.63, 3.8) is 0 Å². The van der Waals surface area contributed by atoms with Crippen molar-refractivity contribution in [1.29, 1.82) is 0 Å². The zero-order valence-corrected chi connectivity index (χ0v) is 13.4. The predicted molar refractivity (Wildman–Crippen MR) is 80.2 cm³/mol. The SMILES string of the molecule is CC1CC(C)(C)CCC1(CN)N1C[C@@H](C)O[C@@H](C)C1. The highest BCUT2D eigenvalue weighted by Gasteiger charge is 2.48. The lowest BCUT2D eigenvalue weighted by Crippen LogP contribution is -2.65. The summed E-state index contributed by atoms with van der Waals surface area (Å²) in [4.78, 5) is 2.64. The fourth-order valence-corrected chi connectivity index (χ4v) is 4.37. The van der Waals surface area contributed by atoms with E-state index in [-0.39, 0.29) is 5.54 Å². The van der Waals surface area contributed by atoms with Crippen LogP contribution in [0.4, 0.5) is 0 Å². The Morgan fingerprint density at radius 2 is 1.68 bits per heavy atom. The molecule has 2 fully saturated rings. The molecule has 1 aliphatic heterocycles. The smallest absolute Gasteiger partial charge is 0.0678 e. The molecule has 1 aliphatic carbocycles. The number of hydrogen-bond acceptors (Lipinski definition) is 3. The first-order valence-electron chi connectivity index (χ1n) is 7.90. The largest absolute Gasteiger partial charge is 0.373 e. The van der Waals surface area contributed by atoms with Gasteiger partial charge in [0.1, 0.15) is 0 Å². The zero-order valence-electron chi connectivity index (χ0n) is 13.4. The molecule has 0 spiro atoms. The molecule has 0 aromatic carbocycles. The number of rotatable bonds is 2. The van der Waals surface area contributed by atoms with E-state index in [9.17, 15) is 0 Å². The van der Waals surface area contributed by atoms with Crippen molar-refractivity contribution in [2.75, 3.05) is 19.6 Å². The summed E-state index contributed by atoms with van der Waals surface area (Å²) in [6, 6.07) is 0. The second-order valence-corrected chi connectivity index (χ2v) is 7.74. The summed E-state index contributed by atoms with van der Waals surface area (Å²) in [6.07, 6.45) is 4.46. The van der Waals surface area contributed by atoms with E-state index in [0.29, 0.717) is 23.5 Å². The van der Waals surface area contributed by atoms with E-state index in [1.807, 2.05) is 0 Å². The van der Waals surface area contributed by atoms with Crippen LogP contribution in [0.5, 0.6) is 0 Å². The lowest BCUT2D eigenvalue weighted by Gasteiger charge is -2.56. The maximum absolute atomic E-state index is 6.26. The number of nitrogens with zero attached hydrogens (tertiary/aromatic N) is 1. The lowest BCUT2D eigenvalue weighted by molar-refractivity contribution is -0.127. The molecule has 1 saturated carbocycles. The van der Waals surface area contributed by atoms with Crippen molar-refractivity contribution in [2.45, 2.75) is 71.6 Å². The number of nitrogens with two attached hydrogens (primary N) is 1. The van der Waals surface area contributed by atoms with Gasteiger partial charge in [-0.05, 0) is 44.4 Å². The Balaban J connectivity index is 2.18. The molecule has 0 aromatic heterocycles. The first-order valence-corrected chi connectivity index (χ1v) is 7.90. The lowest BCUT2D eigenvalue weighted by atomic mass is 9.63. The monoisotopic (exact) mass is 268 g/mol. The van der Waals surface area contributed by atoms with Crippen LogP contribution in [-0.4, -0.2) is 42.3 Å². The molecule has 0 aromatic rings. The molecule has 0 bridgehead atoms. The molecule has 2 aliphatic rings. The standard InChI is InChI=1S/C16H32N2O/c1-12-8-15(4,5)6-7-16(12,11-17)18-9-13(2)19-14(3)10-18/h12-14H,6-11,17H2,1-5H3/t12?,13-,14+,16?. The van der Waals surface area contributed by atoms with Crippen LogP contribution in [0.1, 0.15) is 53.9 Å². The van der Waals surface area contributed by atoms with Crippen molar-refractivity contribution < 1.29 is 4.74 Å².